The van der Waals surface area contributed by atoms with Crippen LogP contribution in [0.15, 0.2) is 48.7 Å². The minimum absolute atomic E-state index is 0. The van der Waals surface area contributed by atoms with Crippen molar-refractivity contribution in [3.8, 4) is 28.4 Å². The molecule has 0 saturated carbocycles. The molecule has 2 aromatic carbocycles. The van der Waals surface area contributed by atoms with Crippen LogP contribution in [0.1, 0.15) is 12.2 Å². The Morgan fingerprint density at radius 1 is 1.07 bits per heavy atom. The van der Waals surface area contributed by atoms with Gasteiger partial charge in [-0.15, -0.1) is 17.0 Å². The van der Waals surface area contributed by atoms with Crippen LogP contribution in [0.5, 0.6) is 11.5 Å². The van der Waals surface area contributed by atoms with Crippen molar-refractivity contribution in [2.45, 2.75) is 26.0 Å². The molecule has 1 aliphatic heterocycles. The number of ether oxygens (including phenoxy) is 2. The van der Waals surface area contributed by atoms with Gasteiger partial charge in [0.25, 0.3) is 5.82 Å². The molecule has 28 heavy (non-hydrogen) atoms. The quantitative estimate of drug-likeness (QED) is 0.521. The van der Waals surface area contributed by atoms with E-state index in [1.807, 2.05) is 10.8 Å². The van der Waals surface area contributed by atoms with E-state index >= 15 is 0 Å². The molecule has 0 N–H and O–H groups in total. The Bertz CT molecular complexity index is 974. The average molecular weight is 456 g/mol. The SMILES string of the molecule is Br.COc1ccc(-c2c[n+]3c(n2-c2ccc(OC(F)F)cc2)CCC3)c(F)c1. The van der Waals surface area contributed by atoms with Crippen LogP contribution in [0.4, 0.5) is 13.2 Å². The lowest BCUT2D eigenvalue weighted by atomic mass is 10.1. The number of aromatic nitrogens is 2. The van der Waals surface area contributed by atoms with Crippen molar-refractivity contribution >= 4 is 17.0 Å². The normalized spacial score (nSPS) is 12.6. The molecule has 1 aliphatic rings. The van der Waals surface area contributed by atoms with Crippen LogP contribution in [-0.2, 0) is 13.0 Å². The molecule has 0 bridgehead atoms. The predicted molar refractivity (Wildman–Crippen MR) is 103 cm³/mol. The van der Waals surface area contributed by atoms with Crippen molar-refractivity contribution in [3.63, 3.8) is 0 Å². The Morgan fingerprint density at radius 2 is 1.79 bits per heavy atom. The molecular weight excluding hydrogens is 437 g/mol. The van der Waals surface area contributed by atoms with Gasteiger partial charge in [0.1, 0.15) is 29.2 Å². The van der Waals surface area contributed by atoms with Gasteiger partial charge in [0, 0.05) is 6.07 Å². The molecule has 3 aromatic rings. The van der Waals surface area contributed by atoms with Crippen LogP contribution in [0.25, 0.3) is 16.9 Å². The van der Waals surface area contributed by atoms with Crippen molar-refractivity contribution in [2.24, 2.45) is 0 Å². The lowest BCUT2D eigenvalue weighted by Gasteiger charge is -2.08. The van der Waals surface area contributed by atoms with Gasteiger partial charge in [0.2, 0.25) is 0 Å². The summed E-state index contributed by atoms with van der Waals surface area (Å²) < 4.78 is 53.0. The van der Waals surface area contributed by atoms with Crippen molar-refractivity contribution in [2.75, 3.05) is 7.11 Å². The molecule has 0 unspecified atom stereocenters. The Balaban J connectivity index is 0.00000225. The van der Waals surface area contributed by atoms with E-state index in [-0.39, 0.29) is 28.5 Å². The van der Waals surface area contributed by atoms with E-state index in [9.17, 15) is 13.2 Å². The zero-order chi connectivity index (χ0) is 19.0. The first-order valence-corrected chi connectivity index (χ1v) is 8.60. The maximum Gasteiger partial charge on any atom is 0.387 e. The summed E-state index contributed by atoms with van der Waals surface area (Å²) in [5, 5.41) is 0. The summed E-state index contributed by atoms with van der Waals surface area (Å²) in [6.45, 7) is -2.01. The third-order valence-corrected chi connectivity index (χ3v) is 4.68. The molecule has 0 amide bonds. The van der Waals surface area contributed by atoms with Crippen molar-refractivity contribution in [1.29, 1.82) is 0 Å². The number of rotatable bonds is 5. The van der Waals surface area contributed by atoms with Crippen molar-refractivity contribution in [1.82, 2.24) is 4.57 Å². The zero-order valence-corrected chi connectivity index (χ0v) is 16.8. The smallest absolute Gasteiger partial charge is 0.387 e. The molecule has 2 heterocycles. The number of methoxy groups -OCH3 is 1. The highest BCUT2D eigenvalue weighted by Crippen LogP contribution is 2.31. The molecule has 4 nitrogen and oxygen atoms in total. The molecule has 4 rings (SSSR count). The molecule has 0 radical (unpaired) electrons. The van der Waals surface area contributed by atoms with Crippen LogP contribution in [0.3, 0.4) is 0 Å². The first-order chi connectivity index (χ1) is 13.1. The van der Waals surface area contributed by atoms with Crippen LogP contribution >= 0.6 is 17.0 Å². The first-order valence-electron chi connectivity index (χ1n) is 8.60. The molecule has 0 atom stereocenters. The Labute approximate surface area is 170 Å². The van der Waals surface area contributed by atoms with E-state index in [4.69, 9.17) is 4.74 Å². The average Bonchev–Trinajstić information content (AvgIpc) is 3.23. The molecule has 148 valence electrons. The minimum Gasteiger partial charge on any atom is -0.497 e. The Hall–Kier alpha value is -2.48. The van der Waals surface area contributed by atoms with E-state index in [0.29, 0.717) is 17.0 Å². The molecule has 8 heteroatoms. The Morgan fingerprint density at radius 3 is 2.43 bits per heavy atom. The number of benzene rings is 2. The number of imidazole rings is 1. The zero-order valence-electron chi connectivity index (χ0n) is 15.1. The molecule has 1 aromatic heterocycles. The molecule has 0 fully saturated rings. The minimum atomic E-state index is -2.87. The largest absolute Gasteiger partial charge is 0.497 e. The lowest BCUT2D eigenvalue weighted by Crippen LogP contribution is -2.30. The van der Waals surface area contributed by atoms with E-state index in [0.717, 1.165) is 30.9 Å². The number of fused-ring (bicyclic) bond motifs is 1. The number of hydrogen-bond donors (Lipinski definition) is 0. The maximum absolute atomic E-state index is 14.7. The van der Waals surface area contributed by atoms with Gasteiger partial charge < -0.3 is 9.47 Å². The van der Waals surface area contributed by atoms with Crippen LogP contribution < -0.4 is 14.0 Å². The second-order valence-corrected chi connectivity index (χ2v) is 6.28. The van der Waals surface area contributed by atoms with Gasteiger partial charge in [-0.25, -0.2) is 8.96 Å². The molecular formula is C20H19BrF3N2O2+. The fraction of sp³-hybridized carbons (Fsp3) is 0.250. The fourth-order valence-corrected chi connectivity index (χ4v) is 3.49. The first kappa shape index (κ1) is 20.3. The summed E-state index contributed by atoms with van der Waals surface area (Å²) in [7, 11) is 1.49. The van der Waals surface area contributed by atoms with Crippen LogP contribution in [-0.4, -0.2) is 18.3 Å². The number of alkyl halides is 2. The standard InChI is InChI=1S/C20H18F3N2O2.BrH/c1-26-15-8-9-16(17(21)11-15)18-12-24-10-2-3-19(24)25(18)13-4-6-14(7-5-13)27-20(22)23;/h4-9,11-12,20H,2-3,10H2,1H3;1H/q+1;. The predicted octanol–water partition coefficient (Wildman–Crippen LogP) is 4.71. The van der Waals surface area contributed by atoms with Crippen molar-refractivity contribution in [3.05, 3.63) is 60.3 Å². The van der Waals surface area contributed by atoms with Gasteiger partial charge >= 0.3 is 6.61 Å². The lowest BCUT2D eigenvalue weighted by molar-refractivity contribution is -0.689. The number of nitrogens with zero attached hydrogens (tertiary/aromatic N) is 2. The van der Waals surface area contributed by atoms with E-state index in [2.05, 4.69) is 9.30 Å². The number of halogens is 4. The summed E-state index contributed by atoms with van der Waals surface area (Å²) >= 11 is 0. The van der Waals surface area contributed by atoms with Crippen LogP contribution in [0.2, 0.25) is 0 Å². The third kappa shape index (κ3) is 3.73. The van der Waals surface area contributed by atoms with Gasteiger partial charge in [-0.2, -0.15) is 13.3 Å². The fourth-order valence-electron chi connectivity index (χ4n) is 3.49. The van der Waals surface area contributed by atoms with Crippen LogP contribution in [0, 0.1) is 5.82 Å². The summed E-state index contributed by atoms with van der Waals surface area (Å²) in [6, 6.07) is 11.1. The monoisotopic (exact) mass is 455 g/mol. The highest BCUT2D eigenvalue weighted by molar-refractivity contribution is 8.93. The van der Waals surface area contributed by atoms with Crippen molar-refractivity contribution < 1.29 is 27.2 Å². The summed E-state index contributed by atoms with van der Waals surface area (Å²) in [5.74, 6) is 1.19. The summed E-state index contributed by atoms with van der Waals surface area (Å²) in [4.78, 5) is 0. The topological polar surface area (TPSA) is 27.3 Å². The summed E-state index contributed by atoms with van der Waals surface area (Å²) in [6.07, 6.45) is 3.79. The third-order valence-electron chi connectivity index (χ3n) is 4.68. The van der Waals surface area contributed by atoms with E-state index in [1.54, 1.807) is 24.3 Å². The second-order valence-electron chi connectivity index (χ2n) is 6.28. The van der Waals surface area contributed by atoms with Gasteiger partial charge in [-0.05, 0) is 42.8 Å². The van der Waals surface area contributed by atoms with Gasteiger partial charge in [-0.1, -0.05) is 0 Å². The number of hydrogen-bond acceptors (Lipinski definition) is 2. The van der Waals surface area contributed by atoms with Gasteiger partial charge in [-0.3, -0.25) is 0 Å². The number of aryl methyl sites for hydroxylation is 1. The van der Waals surface area contributed by atoms with E-state index in [1.165, 1.54) is 25.3 Å². The highest BCUT2D eigenvalue weighted by Gasteiger charge is 2.30. The molecule has 0 saturated heterocycles. The second kappa shape index (κ2) is 8.26. The maximum atomic E-state index is 14.7. The highest BCUT2D eigenvalue weighted by atomic mass is 79.9. The van der Waals surface area contributed by atoms with Gasteiger partial charge in [0.15, 0.2) is 5.69 Å². The van der Waals surface area contributed by atoms with E-state index < -0.39 is 6.61 Å². The Kier molecular flexibility index (Phi) is 5.98. The molecule has 0 spiro atoms. The summed E-state index contributed by atoms with van der Waals surface area (Å²) in [5.41, 5.74) is 1.91. The molecule has 0 aliphatic carbocycles. The van der Waals surface area contributed by atoms with Gasteiger partial charge in [0.05, 0.1) is 25.6 Å².